The minimum atomic E-state index is 0.521. The van der Waals surface area contributed by atoms with Crippen LogP contribution < -0.4 is 0 Å². The van der Waals surface area contributed by atoms with Crippen LogP contribution in [0, 0.1) is 0 Å². The Morgan fingerprint density at radius 1 is 0.267 bits per heavy atom. The Labute approximate surface area is 342 Å². The van der Waals surface area contributed by atoms with Crippen molar-refractivity contribution in [1.29, 1.82) is 0 Å². The summed E-state index contributed by atoms with van der Waals surface area (Å²) in [5, 5.41) is 14.0. The monoisotopic (exact) mass is 765 g/mol. The summed E-state index contributed by atoms with van der Waals surface area (Å²) in [6.45, 7) is 0. The van der Waals surface area contributed by atoms with E-state index in [0.29, 0.717) is 17.5 Å². The summed E-state index contributed by atoms with van der Waals surface area (Å²) in [5.74, 6) is 1.60. The highest BCUT2D eigenvalue weighted by atomic mass is 16.3. The molecule has 0 unspecified atom stereocenters. The Kier molecular flexibility index (Phi) is 6.95. The van der Waals surface area contributed by atoms with Crippen LogP contribution in [-0.2, 0) is 0 Å². The topological polar surface area (TPSA) is 65.0 Å². The lowest BCUT2D eigenvalue weighted by molar-refractivity contribution is 0.669. The van der Waals surface area contributed by atoms with E-state index in [1.54, 1.807) is 0 Å². The van der Waals surface area contributed by atoms with E-state index in [0.717, 1.165) is 71.7 Å². The number of hydrogen-bond donors (Lipinski definition) is 0. The van der Waals surface area contributed by atoms with Crippen molar-refractivity contribution < 1.29 is 8.83 Å². The average molecular weight is 766 g/mol. The fraction of sp³-hybridized carbons (Fsp3) is 0. The molecule has 0 radical (unpaired) electrons. The maximum absolute atomic E-state index is 6.53. The Balaban J connectivity index is 1.06. The molecule has 0 saturated heterocycles. The van der Waals surface area contributed by atoms with Crippen LogP contribution in [0.15, 0.2) is 197 Å². The molecule has 13 rings (SSSR count). The van der Waals surface area contributed by atoms with Gasteiger partial charge < -0.3 is 8.83 Å². The van der Waals surface area contributed by atoms with Crippen LogP contribution in [0.2, 0.25) is 0 Å². The van der Waals surface area contributed by atoms with Crippen molar-refractivity contribution in [2.24, 2.45) is 0 Å². The van der Waals surface area contributed by atoms with Crippen molar-refractivity contribution >= 4 is 87.0 Å². The number of hydrogen-bond acceptors (Lipinski definition) is 5. The molecule has 5 heteroatoms. The molecule has 0 aliphatic heterocycles. The summed E-state index contributed by atoms with van der Waals surface area (Å²) >= 11 is 0. The summed E-state index contributed by atoms with van der Waals surface area (Å²) in [6, 6.07) is 65.8. The number of benzene rings is 10. The summed E-state index contributed by atoms with van der Waals surface area (Å²) in [5.41, 5.74) is 7.79. The second-order valence-electron chi connectivity index (χ2n) is 15.4. The van der Waals surface area contributed by atoms with Crippen molar-refractivity contribution in [3.63, 3.8) is 0 Å². The zero-order chi connectivity index (χ0) is 39.3. The van der Waals surface area contributed by atoms with Crippen molar-refractivity contribution in [3.8, 4) is 45.3 Å². The molecule has 13 aromatic rings. The highest BCUT2D eigenvalue weighted by molar-refractivity contribution is 6.33. The Bertz CT molecular complexity index is 3780. The second-order valence-corrected chi connectivity index (χ2v) is 15.4. The van der Waals surface area contributed by atoms with Crippen molar-refractivity contribution in [2.45, 2.75) is 0 Å². The molecule has 3 aromatic heterocycles. The Morgan fingerprint density at radius 2 is 0.683 bits per heavy atom. The molecule has 10 aromatic carbocycles. The van der Waals surface area contributed by atoms with E-state index in [2.05, 4.69) is 127 Å². The molecule has 0 amide bonds. The molecule has 0 N–H and O–H groups in total. The van der Waals surface area contributed by atoms with Crippen molar-refractivity contribution in [3.05, 3.63) is 188 Å². The number of furan rings is 2. The molecule has 0 aliphatic carbocycles. The lowest BCUT2D eigenvalue weighted by Gasteiger charge is -2.16. The molecule has 5 nitrogen and oxygen atoms in total. The minimum absolute atomic E-state index is 0.521. The van der Waals surface area contributed by atoms with Crippen LogP contribution in [-0.4, -0.2) is 15.0 Å². The molecule has 0 atom stereocenters. The normalized spacial score (nSPS) is 12.0. The standard InChI is InChI=1S/C55H31N3O2/c1-2-18-36-34(16-1)35-17-3-5-22-40(35)50-41-23-6-4-19-37(41)46(31-47(36)50)32-14-11-15-33(30-32)53-56-54(44-26-12-24-42-38-20-7-9-28-48(38)59-51(42)44)58-55(57-53)45-27-13-25-43-39-21-8-10-29-49(39)60-52(43)45/h1-31H. The number of nitrogens with zero attached hydrogens (tertiary/aromatic N) is 3. The lowest BCUT2D eigenvalue weighted by atomic mass is 9.87. The quantitative estimate of drug-likeness (QED) is 0.167. The highest BCUT2D eigenvalue weighted by Gasteiger charge is 2.21. The molecule has 0 aliphatic rings. The summed E-state index contributed by atoms with van der Waals surface area (Å²) < 4.78 is 13.1. The van der Waals surface area contributed by atoms with Gasteiger partial charge in [-0.2, -0.15) is 0 Å². The fourth-order valence-electron chi connectivity index (χ4n) is 9.42. The molecular weight excluding hydrogens is 735 g/mol. The van der Waals surface area contributed by atoms with Gasteiger partial charge in [-0.15, -0.1) is 0 Å². The van der Waals surface area contributed by atoms with Crippen LogP contribution in [0.4, 0.5) is 0 Å². The number of aromatic nitrogens is 3. The number of fused-ring (bicyclic) bond motifs is 14. The van der Waals surface area contributed by atoms with E-state index < -0.39 is 0 Å². The first-order chi connectivity index (χ1) is 29.7. The zero-order valence-corrected chi connectivity index (χ0v) is 32.1. The summed E-state index contributed by atoms with van der Waals surface area (Å²) in [7, 11) is 0. The molecule has 0 saturated carbocycles. The third kappa shape index (κ3) is 4.84. The van der Waals surface area contributed by atoms with Gasteiger partial charge in [0.2, 0.25) is 0 Å². The predicted molar refractivity (Wildman–Crippen MR) is 246 cm³/mol. The molecule has 278 valence electrons. The molecule has 0 fully saturated rings. The Hall–Kier alpha value is -8.15. The lowest BCUT2D eigenvalue weighted by Crippen LogP contribution is -2.00. The van der Waals surface area contributed by atoms with E-state index in [1.165, 1.54) is 43.1 Å². The smallest absolute Gasteiger partial charge is 0.167 e. The van der Waals surface area contributed by atoms with Crippen molar-refractivity contribution in [1.82, 2.24) is 15.0 Å². The first-order valence-electron chi connectivity index (χ1n) is 20.2. The number of rotatable bonds is 4. The molecule has 0 bridgehead atoms. The van der Waals surface area contributed by atoms with Crippen LogP contribution in [0.1, 0.15) is 0 Å². The van der Waals surface area contributed by atoms with Gasteiger partial charge >= 0.3 is 0 Å². The van der Waals surface area contributed by atoms with E-state index in [4.69, 9.17) is 23.8 Å². The first kappa shape index (κ1) is 32.9. The zero-order valence-electron chi connectivity index (χ0n) is 32.1. The maximum atomic E-state index is 6.53. The Morgan fingerprint density at radius 3 is 1.28 bits per heavy atom. The first-order valence-corrected chi connectivity index (χ1v) is 20.2. The second kappa shape index (κ2) is 12.7. The predicted octanol–water partition coefficient (Wildman–Crippen LogP) is 15.0. The molecular formula is C55H31N3O2. The summed E-state index contributed by atoms with van der Waals surface area (Å²) in [6.07, 6.45) is 0. The van der Waals surface area contributed by atoms with Crippen molar-refractivity contribution in [2.75, 3.05) is 0 Å². The molecule has 0 spiro atoms. The minimum Gasteiger partial charge on any atom is -0.455 e. The average Bonchev–Trinajstić information content (AvgIpc) is 3.90. The van der Waals surface area contributed by atoms with E-state index >= 15 is 0 Å². The maximum Gasteiger partial charge on any atom is 0.167 e. The van der Waals surface area contributed by atoms with Gasteiger partial charge in [0.25, 0.3) is 0 Å². The van der Waals surface area contributed by atoms with Gasteiger partial charge in [0.1, 0.15) is 22.3 Å². The van der Waals surface area contributed by atoms with Crippen LogP contribution in [0.5, 0.6) is 0 Å². The van der Waals surface area contributed by atoms with Gasteiger partial charge in [-0.1, -0.05) is 152 Å². The third-order valence-electron chi connectivity index (χ3n) is 12.1. The SMILES string of the molecule is c1cc(-c2nc(-c3cccc4c3oc3ccccc34)nc(-c3cccc4c3oc3ccccc34)n2)cc(-c2cc3c4ccccc4c4ccccc4c3c3ccccc23)c1. The summed E-state index contributed by atoms with van der Waals surface area (Å²) in [4.78, 5) is 15.7. The fourth-order valence-corrected chi connectivity index (χ4v) is 9.42. The van der Waals surface area contributed by atoms with Gasteiger partial charge in [0.15, 0.2) is 17.5 Å². The highest BCUT2D eigenvalue weighted by Crippen LogP contribution is 2.44. The molecule has 3 heterocycles. The van der Waals surface area contributed by atoms with E-state index in [-0.39, 0.29) is 0 Å². The van der Waals surface area contributed by atoms with Gasteiger partial charge in [0.05, 0.1) is 11.1 Å². The molecule has 60 heavy (non-hydrogen) atoms. The van der Waals surface area contributed by atoms with Gasteiger partial charge in [-0.25, -0.2) is 15.0 Å². The van der Waals surface area contributed by atoms with E-state index in [1.807, 2.05) is 60.7 Å². The van der Waals surface area contributed by atoms with Crippen LogP contribution in [0.3, 0.4) is 0 Å². The van der Waals surface area contributed by atoms with Gasteiger partial charge in [-0.05, 0) is 90.6 Å². The number of para-hydroxylation sites is 4. The van der Waals surface area contributed by atoms with Gasteiger partial charge in [-0.3, -0.25) is 0 Å². The van der Waals surface area contributed by atoms with Crippen LogP contribution >= 0.6 is 0 Å². The van der Waals surface area contributed by atoms with E-state index in [9.17, 15) is 0 Å². The van der Waals surface area contributed by atoms with Crippen LogP contribution in [0.25, 0.3) is 132 Å². The van der Waals surface area contributed by atoms with Gasteiger partial charge in [0, 0.05) is 27.1 Å². The largest absolute Gasteiger partial charge is 0.455 e. The third-order valence-corrected chi connectivity index (χ3v) is 12.1.